The van der Waals surface area contributed by atoms with Gasteiger partial charge in [0.25, 0.3) is 0 Å². The average molecular weight is 300 g/mol. The third-order valence-corrected chi connectivity index (χ3v) is 3.70. The molecule has 0 fully saturated rings. The second-order valence-electron chi connectivity index (χ2n) is 5.09. The molecule has 0 bridgehead atoms. The second kappa shape index (κ2) is 6.62. The summed E-state index contributed by atoms with van der Waals surface area (Å²) in [6.45, 7) is 1.86. The Balaban J connectivity index is 1.93. The second-order valence-corrected chi connectivity index (χ2v) is 5.09. The quantitative estimate of drug-likeness (QED) is 0.899. The molecular formula is C16H20N4O2. The molecule has 22 heavy (non-hydrogen) atoms. The maximum atomic E-state index is 5.23. The predicted molar refractivity (Wildman–Crippen MR) is 85.1 cm³/mol. The molecule has 1 aromatic heterocycles. The van der Waals surface area contributed by atoms with Crippen LogP contribution in [0.2, 0.25) is 0 Å². The maximum absolute atomic E-state index is 5.23. The molecule has 3 rings (SSSR count). The van der Waals surface area contributed by atoms with Crippen LogP contribution in [0.4, 0.5) is 11.5 Å². The van der Waals surface area contributed by atoms with Crippen LogP contribution in [-0.4, -0.2) is 37.3 Å². The Morgan fingerprint density at radius 1 is 1.00 bits per heavy atom. The first-order valence-electron chi connectivity index (χ1n) is 7.35. The highest BCUT2D eigenvalue weighted by Crippen LogP contribution is 2.26. The Labute approximate surface area is 129 Å². The molecule has 0 amide bonds. The number of nitrogens with zero attached hydrogens (tertiary/aromatic N) is 2. The maximum Gasteiger partial charge on any atom is 0.318 e. The monoisotopic (exact) mass is 300 g/mol. The molecule has 1 aliphatic heterocycles. The summed E-state index contributed by atoms with van der Waals surface area (Å²) in [4.78, 5) is 8.97. The average Bonchev–Trinajstić information content (AvgIpc) is 2.81. The van der Waals surface area contributed by atoms with Crippen LogP contribution < -0.4 is 20.1 Å². The Kier molecular flexibility index (Phi) is 4.39. The van der Waals surface area contributed by atoms with Crippen LogP contribution in [-0.2, 0) is 12.8 Å². The number of rotatable bonds is 4. The van der Waals surface area contributed by atoms with Gasteiger partial charge in [-0.1, -0.05) is 0 Å². The molecule has 2 heterocycles. The fraction of sp³-hybridized carbons (Fsp3) is 0.375. The van der Waals surface area contributed by atoms with Crippen molar-refractivity contribution < 1.29 is 9.47 Å². The molecule has 0 aliphatic carbocycles. The third kappa shape index (κ3) is 3.12. The van der Waals surface area contributed by atoms with E-state index in [0.717, 1.165) is 54.4 Å². The van der Waals surface area contributed by atoms with Gasteiger partial charge >= 0.3 is 6.01 Å². The summed E-state index contributed by atoms with van der Waals surface area (Å²) < 4.78 is 10.4. The van der Waals surface area contributed by atoms with Crippen molar-refractivity contribution in [1.29, 1.82) is 0 Å². The summed E-state index contributed by atoms with van der Waals surface area (Å²) in [6, 6.07) is 8.17. The van der Waals surface area contributed by atoms with Gasteiger partial charge in [0.15, 0.2) is 0 Å². The molecule has 0 radical (unpaired) electrons. The summed E-state index contributed by atoms with van der Waals surface area (Å²) in [6.07, 6.45) is 1.78. The summed E-state index contributed by atoms with van der Waals surface area (Å²) in [5.41, 5.74) is 3.16. The van der Waals surface area contributed by atoms with Crippen LogP contribution in [0.15, 0.2) is 24.3 Å². The summed E-state index contributed by atoms with van der Waals surface area (Å²) in [7, 11) is 3.25. The minimum Gasteiger partial charge on any atom is -0.497 e. The van der Waals surface area contributed by atoms with Crippen molar-refractivity contribution in [2.45, 2.75) is 12.8 Å². The lowest BCUT2D eigenvalue weighted by Gasteiger charge is -2.14. The number of methoxy groups -OCH3 is 2. The zero-order chi connectivity index (χ0) is 15.4. The van der Waals surface area contributed by atoms with E-state index in [1.54, 1.807) is 14.2 Å². The summed E-state index contributed by atoms with van der Waals surface area (Å²) in [5, 5.41) is 6.76. The Bertz CT molecular complexity index is 643. The zero-order valence-corrected chi connectivity index (χ0v) is 12.8. The number of aromatic nitrogens is 2. The number of nitrogens with one attached hydrogen (secondary N) is 2. The largest absolute Gasteiger partial charge is 0.497 e. The van der Waals surface area contributed by atoms with E-state index in [2.05, 4.69) is 20.6 Å². The van der Waals surface area contributed by atoms with E-state index < -0.39 is 0 Å². The number of hydrogen-bond donors (Lipinski definition) is 2. The number of ether oxygens (including phenoxy) is 2. The molecule has 2 N–H and O–H groups in total. The van der Waals surface area contributed by atoms with Crippen molar-refractivity contribution in [2.24, 2.45) is 0 Å². The first kappa shape index (κ1) is 14.6. The molecule has 0 spiro atoms. The lowest BCUT2D eigenvalue weighted by atomic mass is 10.1. The smallest absolute Gasteiger partial charge is 0.318 e. The highest BCUT2D eigenvalue weighted by atomic mass is 16.5. The standard InChI is InChI=1S/C16H20N4O2/c1-21-12-5-3-11(4-6-12)18-15-13-7-9-17-10-8-14(13)19-16(20-15)22-2/h3-6,17H,7-10H2,1-2H3,(H,18,19,20). The van der Waals surface area contributed by atoms with Crippen molar-refractivity contribution in [2.75, 3.05) is 32.6 Å². The highest BCUT2D eigenvalue weighted by Gasteiger charge is 2.17. The lowest BCUT2D eigenvalue weighted by molar-refractivity contribution is 0.378. The molecule has 1 aliphatic rings. The van der Waals surface area contributed by atoms with E-state index in [4.69, 9.17) is 9.47 Å². The van der Waals surface area contributed by atoms with E-state index in [-0.39, 0.29) is 0 Å². The van der Waals surface area contributed by atoms with Gasteiger partial charge in [0.2, 0.25) is 0 Å². The van der Waals surface area contributed by atoms with Crippen LogP contribution in [0.1, 0.15) is 11.3 Å². The van der Waals surface area contributed by atoms with Gasteiger partial charge in [0.05, 0.1) is 19.9 Å². The summed E-state index contributed by atoms with van der Waals surface area (Å²) in [5.74, 6) is 1.64. The molecule has 6 heteroatoms. The highest BCUT2D eigenvalue weighted by molar-refractivity contribution is 5.61. The van der Waals surface area contributed by atoms with Crippen LogP contribution in [0.25, 0.3) is 0 Å². The van der Waals surface area contributed by atoms with E-state index in [0.29, 0.717) is 6.01 Å². The number of hydrogen-bond acceptors (Lipinski definition) is 6. The zero-order valence-electron chi connectivity index (χ0n) is 12.8. The number of anilines is 2. The van der Waals surface area contributed by atoms with Crippen LogP contribution in [0.3, 0.4) is 0 Å². The third-order valence-electron chi connectivity index (χ3n) is 3.70. The van der Waals surface area contributed by atoms with Crippen molar-refractivity contribution in [3.8, 4) is 11.8 Å². The van der Waals surface area contributed by atoms with Gasteiger partial charge in [-0.2, -0.15) is 9.97 Å². The van der Waals surface area contributed by atoms with Gasteiger partial charge in [-0.3, -0.25) is 0 Å². The van der Waals surface area contributed by atoms with Gasteiger partial charge in [-0.25, -0.2) is 0 Å². The fourth-order valence-electron chi connectivity index (χ4n) is 2.53. The Hall–Kier alpha value is -2.34. The minimum atomic E-state index is 0.400. The van der Waals surface area contributed by atoms with E-state index in [9.17, 15) is 0 Å². The van der Waals surface area contributed by atoms with Gasteiger partial charge in [-0.05, 0) is 37.2 Å². The van der Waals surface area contributed by atoms with Crippen molar-refractivity contribution in [1.82, 2.24) is 15.3 Å². The normalized spacial score (nSPS) is 13.9. The molecule has 6 nitrogen and oxygen atoms in total. The van der Waals surface area contributed by atoms with Crippen molar-refractivity contribution in [3.05, 3.63) is 35.5 Å². The first-order chi connectivity index (χ1) is 10.8. The van der Waals surface area contributed by atoms with Crippen LogP contribution in [0, 0.1) is 0 Å². The molecule has 0 saturated carbocycles. The predicted octanol–water partition coefficient (Wildman–Crippen LogP) is 1.93. The minimum absolute atomic E-state index is 0.400. The van der Waals surface area contributed by atoms with E-state index in [1.165, 1.54) is 0 Å². The SMILES string of the molecule is COc1ccc(Nc2nc(OC)nc3c2CCNCC3)cc1. The molecule has 2 aromatic rings. The summed E-state index contributed by atoms with van der Waals surface area (Å²) >= 11 is 0. The number of fused-ring (bicyclic) bond motifs is 1. The molecule has 0 atom stereocenters. The molecule has 116 valence electrons. The lowest BCUT2D eigenvalue weighted by Crippen LogP contribution is -2.16. The van der Waals surface area contributed by atoms with Crippen molar-refractivity contribution >= 4 is 11.5 Å². The first-order valence-corrected chi connectivity index (χ1v) is 7.35. The Morgan fingerprint density at radius 3 is 2.50 bits per heavy atom. The molecular weight excluding hydrogens is 280 g/mol. The van der Waals surface area contributed by atoms with E-state index in [1.807, 2.05) is 24.3 Å². The number of benzene rings is 1. The topological polar surface area (TPSA) is 68.3 Å². The molecule has 0 unspecified atom stereocenters. The molecule has 1 aromatic carbocycles. The fourth-order valence-corrected chi connectivity index (χ4v) is 2.53. The van der Waals surface area contributed by atoms with Gasteiger partial charge < -0.3 is 20.1 Å². The van der Waals surface area contributed by atoms with Crippen LogP contribution in [0.5, 0.6) is 11.8 Å². The van der Waals surface area contributed by atoms with Gasteiger partial charge in [0.1, 0.15) is 11.6 Å². The molecule has 0 saturated heterocycles. The Morgan fingerprint density at radius 2 is 1.77 bits per heavy atom. The van der Waals surface area contributed by atoms with Crippen molar-refractivity contribution in [3.63, 3.8) is 0 Å². The van der Waals surface area contributed by atoms with Gasteiger partial charge in [-0.15, -0.1) is 0 Å². The van der Waals surface area contributed by atoms with E-state index >= 15 is 0 Å². The van der Waals surface area contributed by atoms with Crippen LogP contribution >= 0.6 is 0 Å². The van der Waals surface area contributed by atoms with Gasteiger partial charge in [0, 0.05) is 24.2 Å².